The largest absolute Gasteiger partial charge is 0.458 e. The van der Waals surface area contributed by atoms with Gasteiger partial charge in [-0.3, -0.25) is 0 Å². The highest BCUT2D eigenvalue weighted by Gasteiger charge is 2.72. The zero-order chi connectivity index (χ0) is 27.1. The Morgan fingerprint density at radius 2 is 1.84 bits per heavy atom. The van der Waals surface area contributed by atoms with E-state index in [9.17, 15) is 30.5 Å². The molecule has 0 unspecified atom stereocenters. The van der Waals surface area contributed by atoms with Gasteiger partial charge in [-0.25, -0.2) is 4.79 Å². The molecule has 0 spiro atoms. The molecule has 4 aliphatic carbocycles. The summed E-state index contributed by atoms with van der Waals surface area (Å²) < 4.78 is 17.2. The zero-order valence-corrected chi connectivity index (χ0v) is 22.3. The lowest BCUT2D eigenvalue weighted by Crippen LogP contribution is -2.68. The van der Waals surface area contributed by atoms with Gasteiger partial charge in [0.25, 0.3) is 0 Å². The molecule has 210 valence electrons. The van der Waals surface area contributed by atoms with Gasteiger partial charge in [-0.1, -0.05) is 6.92 Å². The number of esters is 1. The zero-order valence-electron chi connectivity index (χ0n) is 22.3. The van der Waals surface area contributed by atoms with Crippen molar-refractivity contribution in [2.45, 2.75) is 120 Å². The second-order valence-corrected chi connectivity index (χ2v) is 13.2. The fraction of sp³-hybridized carbons (Fsp3) is 0.862. The molecule has 4 N–H and O–H groups in total. The van der Waals surface area contributed by atoms with E-state index in [-0.39, 0.29) is 36.2 Å². The maximum Gasteiger partial charge on any atom is 0.331 e. The van der Waals surface area contributed by atoms with Gasteiger partial charge in [0.15, 0.2) is 6.29 Å². The highest BCUT2D eigenvalue weighted by atomic mass is 16.7. The summed E-state index contributed by atoms with van der Waals surface area (Å²) in [6, 6.07) is 2.59. The number of hydrogen-bond donors (Lipinski definition) is 4. The summed E-state index contributed by atoms with van der Waals surface area (Å²) in [5, 5.41) is 55.2. The predicted molar refractivity (Wildman–Crippen MR) is 133 cm³/mol. The Labute approximate surface area is 223 Å². The van der Waals surface area contributed by atoms with Crippen LogP contribution in [0.3, 0.4) is 0 Å². The van der Waals surface area contributed by atoms with Crippen molar-refractivity contribution < 1.29 is 39.4 Å². The van der Waals surface area contributed by atoms with Gasteiger partial charge in [-0.2, -0.15) is 5.26 Å². The van der Waals surface area contributed by atoms with Gasteiger partial charge < -0.3 is 34.6 Å². The Kier molecular flexibility index (Phi) is 6.31. The van der Waals surface area contributed by atoms with Crippen LogP contribution in [0.1, 0.15) is 78.1 Å². The molecular weight excluding hydrogens is 490 g/mol. The van der Waals surface area contributed by atoms with Gasteiger partial charge in [0, 0.05) is 24.3 Å². The van der Waals surface area contributed by atoms with E-state index in [2.05, 4.69) is 13.0 Å². The van der Waals surface area contributed by atoms with E-state index in [1.165, 1.54) is 0 Å². The minimum absolute atomic E-state index is 0.0784. The lowest BCUT2D eigenvalue weighted by atomic mass is 9.41. The quantitative estimate of drug-likeness (QED) is 0.317. The third kappa shape index (κ3) is 3.60. The number of rotatable bonds is 3. The van der Waals surface area contributed by atoms with Gasteiger partial charge in [0.1, 0.15) is 12.7 Å². The molecule has 4 saturated carbocycles. The number of cyclic esters (lactones) is 1. The number of carbonyl (C=O) groups is 1. The van der Waals surface area contributed by atoms with Crippen molar-refractivity contribution >= 4 is 5.97 Å². The summed E-state index contributed by atoms with van der Waals surface area (Å²) in [5.41, 5.74) is -2.59. The van der Waals surface area contributed by atoms with E-state index in [1.807, 2.05) is 0 Å². The fourth-order valence-corrected chi connectivity index (χ4v) is 9.69. The second kappa shape index (κ2) is 8.98. The molecule has 12 atom stereocenters. The highest BCUT2D eigenvalue weighted by Crippen LogP contribution is 2.70. The Bertz CT molecular complexity index is 1050. The molecule has 6 rings (SSSR count). The van der Waals surface area contributed by atoms with Crippen molar-refractivity contribution in [1.82, 2.24) is 0 Å². The molecule has 1 saturated heterocycles. The summed E-state index contributed by atoms with van der Waals surface area (Å²) in [6.45, 7) is 4.14. The van der Waals surface area contributed by atoms with Crippen LogP contribution >= 0.6 is 0 Å². The Hall–Kier alpha value is -1.54. The van der Waals surface area contributed by atoms with Crippen LogP contribution < -0.4 is 0 Å². The first-order valence-corrected chi connectivity index (χ1v) is 14.4. The first-order chi connectivity index (χ1) is 18.0. The molecule has 9 nitrogen and oxygen atoms in total. The summed E-state index contributed by atoms with van der Waals surface area (Å²) >= 11 is 0. The number of nitrogens with zero attached hydrogens (tertiary/aromatic N) is 1. The molecule has 0 amide bonds. The lowest BCUT2D eigenvalue weighted by Gasteiger charge is -2.64. The molecule has 9 heteroatoms. The van der Waals surface area contributed by atoms with Gasteiger partial charge >= 0.3 is 5.97 Å². The van der Waals surface area contributed by atoms with E-state index >= 15 is 0 Å². The van der Waals surface area contributed by atoms with E-state index < -0.39 is 46.6 Å². The van der Waals surface area contributed by atoms with Crippen LogP contribution in [-0.2, 0) is 19.0 Å². The van der Waals surface area contributed by atoms with Crippen LogP contribution in [0.25, 0.3) is 0 Å². The topological polar surface area (TPSA) is 149 Å². The number of carbonyl (C=O) groups excluding carboxylic acids is 1. The smallest absolute Gasteiger partial charge is 0.331 e. The van der Waals surface area contributed by atoms with Crippen molar-refractivity contribution in [3.8, 4) is 6.07 Å². The van der Waals surface area contributed by atoms with E-state index in [4.69, 9.17) is 14.2 Å². The van der Waals surface area contributed by atoms with Crippen molar-refractivity contribution in [2.24, 2.45) is 28.6 Å². The first-order valence-electron chi connectivity index (χ1n) is 14.4. The minimum atomic E-state index is -1.24. The van der Waals surface area contributed by atoms with Crippen LogP contribution in [0.15, 0.2) is 11.6 Å². The molecule has 0 aromatic carbocycles. The van der Waals surface area contributed by atoms with E-state index in [1.54, 1.807) is 13.0 Å². The molecule has 5 fully saturated rings. The summed E-state index contributed by atoms with van der Waals surface area (Å²) in [6.07, 6.45) is 3.63. The molecule has 6 aliphatic rings. The molecule has 2 heterocycles. The first kappa shape index (κ1) is 26.7. The molecule has 0 aromatic rings. The number of ether oxygens (including phenoxy) is 3. The van der Waals surface area contributed by atoms with Crippen molar-refractivity contribution in [2.75, 3.05) is 6.61 Å². The second-order valence-electron chi connectivity index (χ2n) is 13.2. The molecule has 0 aromatic heterocycles. The normalized spacial score (nSPS) is 54.2. The van der Waals surface area contributed by atoms with Gasteiger partial charge in [-0.05, 0) is 81.6 Å². The number of aliphatic hydroxyl groups is 4. The van der Waals surface area contributed by atoms with Crippen molar-refractivity contribution in [3.63, 3.8) is 0 Å². The fourth-order valence-electron chi connectivity index (χ4n) is 9.69. The highest BCUT2D eigenvalue weighted by molar-refractivity contribution is 5.85. The van der Waals surface area contributed by atoms with Crippen LogP contribution in [-0.4, -0.2) is 74.9 Å². The Balaban J connectivity index is 1.22. The maximum absolute atomic E-state index is 12.4. The predicted octanol–water partition coefficient (Wildman–Crippen LogP) is 2.10. The van der Waals surface area contributed by atoms with Crippen LogP contribution in [0.2, 0.25) is 0 Å². The summed E-state index contributed by atoms with van der Waals surface area (Å²) in [4.78, 5) is 11.8. The van der Waals surface area contributed by atoms with E-state index in [0.29, 0.717) is 45.1 Å². The average molecular weight is 532 g/mol. The summed E-state index contributed by atoms with van der Waals surface area (Å²) in [7, 11) is 0. The lowest BCUT2D eigenvalue weighted by molar-refractivity contribution is -0.284. The standard InChI is InChI=1S/C29H41NO8/c1-16-25(33)22(31)12-24(37-16)38-18-3-8-27(15-30)20-4-7-26(2)19(17-11-23(32)36-14-17)6-10-29(26,35)21(20)5-9-28(27,34)13-18/h11,16,18-22,24-25,31,33-35H,3-10,12-14H2,1-2H3/t16-,18+,19-,20-,21+,22+,24-,25+,26+,27-,28-,29-/m0/s1. The molecule has 0 bridgehead atoms. The Morgan fingerprint density at radius 3 is 2.53 bits per heavy atom. The number of nitriles is 1. The van der Waals surface area contributed by atoms with Crippen LogP contribution in [0.5, 0.6) is 0 Å². The number of hydrogen-bond acceptors (Lipinski definition) is 9. The van der Waals surface area contributed by atoms with Crippen molar-refractivity contribution in [1.29, 1.82) is 5.26 Å². The SMILES string of the molecule is C[C@@H]1O[C@@H](O[C@@H]2CC[C@]3(C#N)[C@H]4CC[C@]5(C)[C@H](C6=CC(=O)OC6)CC[C@]5(O)[C@@H]4CC[C@]3(O)C2)C[C@@H](O)[C@@H]1O. The third-order valence-corrected chi connectivity index (χ3v) is 11.8. The number of fused-ring (bicyclic) bond motifs is 5. The maximum atomic E-state index is 12.4. The van der Waals surface area contributed by atoms with Crippen LogP contribution in [0.4, 0.5) is 0 Å². The van der Waals surface area contributed by atoms with Gasteiger partial charge in [0.2, 0.25) is 0 Å². The van der Waals surface area contributed by atoms with Crippen LogP contribution in [0, 0.1) is 39.9 Å². The molecule has 0 radical (unpaired) electrons. The third-order valence-electron chi connectivity index (χ3n) is 11.8. The Morgan fingerprint density at radius 1 is 1.08 bits per heavy atom. The molecular formula is C29H41NO8. The summed E-state index contributed by atoms with van der Waals surface area (Å²) in [5.74, 6) is -0.449. The minimum Gasteiger partial charge on any atom is -0.458 e. The van der Waals surface area contributed by atoms with E-state index in [0.717, 1.165) is 24.8 Å². The van der Waals surface area contributed by atoms with Crippen molar-refractivity contribution in [3.05, 3.63) is 11.6 Å². The molecule has 2 aliphatic heterocycles. The van der Waals surface area contributed by atoms with Gasteiger partial charge in [0.05, 0.1) is 41.0 Å². The monoisotopic (exact) mass is 531 g/mol. The van der Waals surface area contributed by atoms with Gasteiger partial charge in [-0.15, -0.1) is 0 Å². The molecule has 38 heavy (non-hydrogen) atoms. The average Bonchev–Trinajstić information content (AvgIpc) is 3.41. The number of aliphatic hydroxyl groups excluding tert-OH is 2.